The molecule has 2 rings (SSSR count). The van der Waals surface area contributed by atoms with E-state index in [1.165, 1.54) is 5.56 Å². The van der Waals surface area contributed by atoms with Gasteiger partial charge in [-0.05, 0) is 67.6 Å². The van der Waals surface area contributed by atoms with Crippen LogP contribution in [0.1, 0.15) is 64.2 Å². The highest BCUT2D eigenvalue weighted by Gasteiger charge is 2.07. The summed E-state index contributed by atoms with van der Waals surface area (Å²) in [5.41, 5.74) is 3.66. The van der Waals surface area contributed by atoms with E-state index in [9.17, 15) is 9.90 Å². The lowest BCUT2D eigenvalue weighted by Crippen LogP contribution is -2.13. The van der Waals surface area contributed by atoms with Gasteiger partial charge in [0.2, 0.25) is 6.41 Å². The fraction of sp³-hybridized carbons (Fsp3) is 0.500. The maximum absolute atomic E-state index is 9.62. The zero-order valence-electron chi connectivity index (χ0n) is 20.7. The standard InChI is InChI=1S/C17H20O2.C5H11NO2.2C2H6/c1-4-5-14-10-12(2)17(13(3)11-14)19-16-8-6-15(18)7-9-16;1-8-4-2-3-6-5-7;2*1-2/h6-11,18H,4-5H2,1-3H3;5H,2-4H2,1H3,(H,6,7);2*1-2H3. The smallest absolute Gasteiger partial charge is 0.207 e. The van der Waals surface area contributed by atoms with Crippen LogP contribution in [-0.4, -0.2) is 31.8 Å². The summed E-state index contributed by atoms with van der Waals surface area (Å²) in [6, 6.07) is 11.2. The van der Waals surface area contributed by atoms with Crippen molar-refractivity contribution >= 4 is 6.41 Å². The van der Waals surface area contributed by atoms with Gasteiger partial charge in [-0.15, -0.1) is 0 Å². The quantitative estimate of drug-likeness (QED) is 0.346. The lowest BCUT2D eigenvalue weighted by Gasteiger charge is -2.13. The maximum Gasteiger partial charge on any atom is 0.207 e. The average molecular weight is 434 g/mol. The third-order valence-electron chi connectivity index (χ3n) is 3.87. The van der Waals surface area contributed by atoms with Crippen molar-refractivity contribution in [2.45, 2.75) is 67.7 Å². The van der Waals surface area contributed by atoms with Crippen LogP contribution < -0.4 is 10.1 Å². The van der Waals surface area contributed by atoms with Crippen molar-refractivity contribution in [2.24, 2.45) is 0 Å². The van der Waals surface area contributed by atoms with E-state index in [1.54, 1.807) is 31.4 Å². The molecule has 0 aromatic heterocycles. The van der Waals surface area contributed by atoms with Gasteiger partial charge in [0.1, 0.15) is 17.2 Å². The molecular weight excluding hydrogens is 390 g/mol. The minimum atomic E-state index is 0.249. The van der Waals surface area contributed by atoms with Crippen LogP contribution in [0.15, 0.2) is 36.4 Å². The Morgan fingerprint density at radius 1 is 1.00 bits per heavy atom. The Hall–Kier alpha value is -2.53. The van der Waals surface area contributed by atoms with Gasteiger partial charge in [-0.2, -0.15) is 0 Å². The summed E-state index contributed by atoms with van der Waals surface area (Å²) >= 11 is 0. The van der Waals surface area contributed by atoms with E-state index in [0.717, 1.165) is 41.9 Å². The molecule has 0 bridgehead atoms. The molecule has 0 unspecified atom stereocenters. The molecule has 0 atom stereocenters. The largest absolute Gasteiger partial charge is 0.508 e. The molecule has 5 heteroatoms. The fourth-order valence-electron chi connectivity index (χ4n) is 2.64. The highest BCUT2D eigenvalue weighted by atomic mass is 16.5. The highest BCUT2D eigenvalue weighted by Crippen LogP contribution is 2.30. The van der Waals surface area contributed by atoms with Crippen molar-refractivity contribution in [2.75, 3.05) is 20.3 Å². The lowest BCUT2D eigenvalue weighted by molar-refractivity contribution is -0.109. The highest BCUT2D eigenvalue weighted by molar-refractivity contribution is 5.46. The molecule has 1 amide bonds. The third kappa shape index (κ3) is 14.2. The number of hydrogen-bond donors (Lipinski definition) is 2. The molecule has 0 spiro atoms. The van der Waals surface area contributed by atoms with Crippen molar-refractivity contribution in [3.05, 3.63) is 53.1 Å². The van der Waals surface area contributed by atoms with Crippen LogP contribution in [0.25, 0.3) is 0 Å². The van der Waals surface area contributed by atoms with Crippen LogP contribution >= 0.6 is 0 Å². The van der Waals surface area contributed by atoms with Crippen molar-refractivity contribution < 1.29 is 19.4 Å². The monoisotopic (exact) mass is 433 g/mol. The molecule has 2 aromatic rings. The van der Waals surface area contributed by atoms with E-state index in [1.807, 2.05) is 27.7 Å². The molecule has 2 N–H and O–H groups in total. The van der Waals surface area contributed by atoms with Crippen LogP contribution in [0.5, 0.6) is 17.2 Å². The second-order valence-corrected chi connectivity index (χ2v) is 6.32. The molecule has 0 heterocycles. The molecule has 0 aliphatic heterocycles. The van der Waals surface area contributed by atoms with E-state index in [4.69, 9.17) is 9.47 Å². The number of carbonyl (C=O) groups is 1. The number of amides is 1. The summed E-state index contributed by atoms with van der Waals surface area (Å²) in [4.78, 5) is 9.62. The third-order valence-corrected chi connectivity index (χ3v) is 3.87. The van der Waals surface area contributed by atoms with Gasteiger partial charge in [0.25, 0.3) is 0 Å². The average Bonchev–Trinajstić information content (AvgIpc) is 2.79. The number of aromatic hydroxyl groups is 1. The molecule has 0 aliphatic carbocycles. The van der Waals surface area contributed by atoms with Gasteiger partial charge < -0.3 is 19.9 Å². The second-order valence-electron chi connectivity index (χ2n) is 6.32. The summed E-state index contributed by atoms with van der Waals surface area (Å²) in [7, 11) is 1.64. The Morgan fingerprint density at radius 3 is 2.00 bits per heavy atom. The maximum atomic E-state index is 9.62. The predicted octanol–water partition coefficient (Wildman–Crippen LogP) is 6.58. The summed E-state index contributed by atoms with van der Waals surface area (Å²) < 4.78 is 10.6. The molecule has 31 heavy (non-hydrogen) atoms. The van der Waals surface area contributed by atoms with E-state index in [2.05, 4.69) is 38.2 Å². The summed E-state index contributed by atoms with van der Waals surface area (Å²) in [6.45, 7) is 15.7. The number of hydrogen-bond acceptors (Lipinski definition) is 4. The van der Waals surface area contributed by atoms with Crippen LogP contribution in [0, 0.1) is 13.8 Å². The Morgan fingerprint density at radius 2 is 1.55 bits per heavy atom. The van der Waals surface area contributed by atoms with E-state index >= 15 is 0 Å². The van der Waals surface area contributed by atoms with Crippen LogP contribution in [0.3, 0.4) is 0 Å². The molecule has 0 aliphatic rings. The predicted molar refractivity (Wildman–Crippen MR) is 131 cm³/mol. The molecule has 5 nitrogen and oxygen atoms in total. The van der Waals surface area contributed by atoms with Crippen molar-refractivity contribution in [1.29, 1.82) is 0 Å². The number of phenolic OH excluding ortho intramolecular Hbond substituents is 1. The molecule has 0 fully saturated rings. The van der Waals surface area contributed by atoms with Crippen molar-refractivity contribution in [1.82, 2.24) is 5.32 Å². The van der Waals surface area contributed by atoms with Gasteiger partial charge >= 0.3 is 0 Å². The first-order valence-corrected chi connectivity index (χ1v) is 11.2. The summed E-state index contributed by atoms with van der Waals surface area (Å²) in [6.07, 6.45) is 3.82. The lowest BCUT2D eigenvalue weighted by atomic mass is 10.0. The Labute approximate surface area is 189 Å². The van der Waals surface area contributed by atoms with Crippen molar-refractivity contribution in [3.8, 4) is 17.2 Å². The van der Waals surface area contributed by atoms with Crippen molar-refractivity contribution in [3.63, 3.8) is 0 Å². The number of methoxy groups -OCH3 is 1. The number of nitrogens with one attached hydrogen (secondary N) is 1. The molecule has 2 aromatic carbocycles. The Kier molecular flexibility index (Phi) is 20.5. The first-order chi connectivity index (χ1) is 15.0. The van der Waals surface area contributed by atoms with Gasteiger partial charge in [-0.25, -0.2) is 0 Å². The van der Waals surface area contributed by atoms with Crippen LogP contribution in [0.2, 0.25) is 0 Å². The molecule has 0 saturated heterocycles. The molecule has 176 valence electrons. The van der Waals surface area contributed by atoms with Gasteiger partial charge in [-0.1, -0.05) is 53.2 Å². The van der Waals surface area contributed by atoms with Gasteiger partial charge in [0.15, 0.2) is 0 Å². The molecular formula is C26H43NO4. The number of ether oxygens (including phenoxy) is 2. The van der Waals surface area contributed by atoms with E-state index < -0.39 is 0 Å². The van der Waals surface area contributed by atoms with E-state index in [0.29, 0.717) is 19.6 Å². The van der Waals surface area contributed by atoms with Gasteiger partial charge in [0, 0.05) is 20.3 Å². The first kappa shape index (κ1) is 30.7. The molecule has 0 radical (unpaired) electrons. The Balaban J connectivity index is 0. The molecule has 0 saturated carbocycles. The second kappa shape index (κ2) is 20.7. The SMILES string of the molecule is CC.CC.CCCc1cc(C)c(Oc2ccc(O)cc2)c(C)c1.COCCCNC=O. The summed E-state index contributed by atoms with van der Waals surface area (Å²) in [5, 5.41) is 11.8. The van der Waals surface area contributed by atoms with Gasteiger partial charge in [0.05, 0.1) is 0 Å². The van der Waals surface area contributed by atoms with Crippen LogP contribution in [-0.2, 0) is 16.0 Å². The minimum absolute atomic E-state index is 0.249. The zero-order valence-corrected chi connectivity index (χ0v) is 20.7. The first-order valence-electron chi connectivity index (χ1n) is 11.2. The zero-order chi connectivity index (χ0) is 24.1. The summed E-state index contributed by atoms with van der Waals surface area (Å²) in [5.74, 6) is 1.90. The number of carbonyl (C=O) groups excluding carboxylic acids is 1. The fourth-order valence-corrected chi connectivity index (χ4v) is 2.64. The number of benzene rings is 2. The number of phenols is 1. The van der Waals surface area contributed by atoms with Gasteiger partial charge in [-0.3, -0.25) is 4.79 Å². The number of aryl methyl sites for hydroxylation is 3. The minimum Gasteiger partial charge on any atom is -0.508 e. The number of rotatable bonds is 9. The van der Waals surface area contributed by atoms with Crippen LogP contribution in [0.4, 0.5) is 0 Å². The van der Waals surface area contributed by atoms with E-state index in [-0.39, 0.29) is 5.75 Å². The Bertz CT molecular complexity index is 661. The topological polar surface area (TPSA) is 67.8 Å². The normalized spacial score (nSPS) is 9.03.